The van der Waals surface area contributed by atoms with Crippen LogP contribution in [0.3, 0.4) is 0 Å². The van der Waals surface area contributed by atoms with Crippen molar-refractivity contribution in [2.75, 3.05) is 27.2 Å². The van der Waals surface area contributed by atoms with Crippen molar-refractivity contribution < 1.29 is 4.79 Å². The number of fused-ring (bicyclic) bond motifs is 1. The third-order valence-corrected chi connectivity index (χ3v) is 5.54. The molecule has 3 aromatic rings. The molecule has 0 fully saturated rings. The fourth-order valence-electron chi connectivity index (χ4n) is 3.31. The van der Waals surface area contributed by atoms with Gasteiger partial charge >= 0.3 is 0 Å². The molecule has 0 aliphatic heterocycles. The van der Waals surface area contributed by atoms with Crippen LogP contribution >= 0.6 is 23.2 Å². The molecule has 0 saturated heterocycles. The van der Waals surface area contributed by atoms with Crippen LogP contribution in [-0.2, 0) is 17.8 Å². The molecule has 6 heteroatoms. The van der Waals surface area contributed by atoms with Crippen molar-refractivity contribution in [2.45, 2.75) is 19.4 Å². The number of hydrogen-bond donors (Lipinski definition) is 0. The van der Waals surface area contributed by atoms with E-state index in [0.29, 0.717) is 29.6 Å². The van der Waals surface area contributed by atoms with Crippen molar-refractivity contribution in [1.29, 1.82) is 0 Å². The summed E-state index contributed by atoms with van der Waals surface area (Å²) >= 11 is 12.2. The van der Waals surface area contributed by atoms with Gasteiger partial charge in [-0.2, -0.15) is 0 Å². The first kappa shape index (κ1) is 21.6. The summed E-state index contributed by atoms with van der Waals surface area (Å²) in [5.74, 6) is 0.0768. The molecule has 2 aromatic carbocycles. The van der Waals surface area contributed by atoms with E-state index in [9.17, 15) is 4.79 Å². The molecule has 0 unspecified atom stereocenters. The molecule has 1 heterocycles. The molecular formula is C23H25Cl2N3O. The minimum atomic E-state index is 0.0768. The lowest BCUT2D eigenvalue weighted by molar-refractivity contribution is -0.131. The number of rotatable bonds is 8. The van der Waals surface area contributed by atoms with E-state index in [-0.39, 0.29) is 5.91 Å². The van der Waals surface area contributed by atoms with E-state index >= 15 is 0 Å². The molecule has 0 saturated carbocycles. The Labute approximate surface area is 182 Å². The van der Waals surface area contributed by atoms with Crippen LogP contribution in [0.2, 0.25) is 10.0 Å². The van der Waals surface area contributed by atoms with Gasteiger partial charge in [0.15, 0.2) is 0 Å². The second-order valence-corrected chi connectivity index (χ2v) is 8.20. The molecule has 1 amide bonds. The van der Waals surface area contributed by atoms with Crippen molar-refractivity contribution >= 4 is 40.0 Å². The van der Waals surface area contributed by atoms with Gasteiger partial charge in [-0.05, 0) is 56.4 Å². The summed E-state index contributed by atoms with van der Waals surface area (Å²) in [7, 11) is 4.07. The highest BCUT2D eigenvalue weighted by Gasteiger charge is 2.17. The lowest BCUT2D eigenvalue weighted by Gasteiger charge is -2.24. The van der Waals surface area contributed by atoms with Gasteiger partial charge in [-0.25, -0.2) is 0 Å². The maximum Gasteiger partial charge on any atom is 0.227 e. The largest absolute Gasteiger partial charge is 0.338 e. The number of para-hydroxylation sites is 1. The summed E-state index contributed by atoms with van der Waals surface area (Å²) in [6.07, 6.45) is 2.98. The van der Waals surface area contributed by atoms with E-state index in [1.807, 2.05) is 61.5 Å². The molecule has 0 aliphatic carbocycles. The molecule has 3 rings (SSSR count). The summed E-state index contributed by atoms with van der Waals surface area (Å²) < 4.78 is 0. The monoisotopic (exact) mass is 429 g/mol. The molecule has 1 aromatic heterocycles. The summed E-state index contributed by atoms with van der Waals surface area (Å²) in [4.78, 5) is 21.7. The van der Waals surface area contributed by atoms with Gasteiger partial charge in [-0.15, -0.1) is 0 Å². The van der Waals surface area contributed by atoms with Gasteiger partial charge in [-0.3, -0.25) is 9.78 Å². The van der Waals surface area contributed by atoms with Crippen LogP contribution in [0.25, 0.3) is 10.9 Å². The Morgan fingerprint density at radius 3 is 2.55 bits per heavy atom. The molecular weight excluding hydrogens is 405 g/mol. The lowest BCUT2D eigenvalue weighted by atomic mass is 10.1. The Kier molecular flexibility index (Phi) is 7.48. The van der Waals surface area contributed by atoms with Crippen LogP contribution in [0.5, 0.6) is 0 Å². The van der Waals surface area contributed by atoms with E-state index in [0.717, 1.165) is 35.0 Å². The zero-order valence-electron chi connectivity index (χ0n) is 16.7. The quantitative estimate of drug-likeness (QED) is 0.501. The standard InChI is InChI=1S/C23H25Cl2N3O/c1-27(2)12-5-13-28(16-17-9-10-20(24)21(25)14-17)22(29)15-19-7-3-6-18-8-4-11-26-23(18)19/h3-4,6-11,14H,5,12-13,15-16H2,1-2H3. The van der Waals surface area contributed by atoms with Gasteiger partial charge in [0, 0.05) is 24.7 Å². The molecule has 29 heavy (non-hydrogen) atoms. The Morgan fingerprint density at radius 2 is 1.79 bits per heavy atom. The van der Waals surface area contributed by atoms with E-state index in [4.69, 9.17) is 23.2 Å². The van der Waals surface area contributed by atoms with Crippen LogP contribution < -0.4 is 0 Å². The Morgan fingerprint density at radius 1 is 1.00 bits per heavy atom. The van der Waals surface area contributed by atoms with E-state index in [1.54, 1.807) is 12.3 Å². The molecule has 0 atom stereocenters. The zero-order valence-corrected chi connectivity index (χ0v) is 18.2. The van der Waals surface area contributed by atoms with Crippen LogP contribution in [-0.4, -0.2) is 47.9 Å². The number of amides is 1. The number of nitrogens with zero attached hydrogens (tertiary/aromatic N) is 3. The van der Waals surface area contributed by atoms with Crippen LogP contribution in [0.4, 0.5) is 0 Å². The number of carbonyl (C=O) groups excluding carboxylic acids is 1. The Hall–Kier alpha value is -2.14. The van der Waals surface area contributed by atoms with Gasteiger partial charge in [0.1, 0.15) is 0 Å². The van der Waals surface area contributed by atoms with E-state index in [1.165, 1.54) is 0 Å². The highest BCUT2D eigenvalue weighted by atomic mass is 35.5. The van der Waals surface area contributed by atoms with Crippen LogP contribution in [0.15, 0.2) is 54.7 Å². The first-order valence-corrected chi connectivity index (χ1v) is 10.4. The maximum absolute atomic E-state index is 13.2. The van der Waals surface area contributed by atoms with Gasteiger partial charge in [-0.1, -0.05) is 53.5 Å². The van der Waals surface area contributed by atoms with Crippen molar-refractivity contribution in [3.8, 4) is 0 Å². The third-order valence-electron chi connectivity index (χ3n) is 4.80. The normalized spacial score (nSPS) is 11.2. The molecule has 0 aliphatic rings. The molecule has 0 radical (unpaired) electrons. The van der Waals surface area contributed by atoms with Crippen molar-refractivity contribution in [1.82, 2.24) is 14.8 Å². The zero-order chi connectivity index (χ0) is 20.8. The van der Waals surface area contributed by atoms with Gasteiger partial charge in [0.25, 0.3) is 0 Å². The highest BCUT2D eigenvalue weighted by molar-refractivity contribution is 6.42. The van der Waals surface area contributed by atoms with Crippen molar-refractivity contribution in [3.05, 3.63) is 75.9 Å². The van der Waals surface area contributed by atoms with Crippen molar-refractivity contribution in [2.24, 2.45) is 0 Å². The third kappa shape index (κ3) is 5.92. The van der Waals surface area contributed by atoms with Crippen LogP contribution in [0, 0.1) is 0 Å². The lowest BCUT2D eigenvalue weighted by Crippen LogP contribution is -2.34. The minimum Gasteiger partial charge on any atom is -0.338 e. The fourth-order valence-corrected chi connectivity index (χ4v) is 3.63. The maximum atomic E-state index is 13.2. The second kappa shape index (κ2) is 10.1. The molecule has 0 bridgehead atoms. The Balaban J connectivity index is 1.79. The van der Waals surface area contributed by atoms with E-state index < -0.39 is 0 Å². The topological polar surface area (TPSA) is 36.4 Å². The number of pyridine rings is 1. The average Bonchev–Trinajstić information content (AvgIpc) is 2.70. The molecule has 152 valence electrons. The second-order valence-electron chi connectivity index (χ2n) is 7.39. The summed E-state index contributed by atoms with van der Waals surface area (Å²) in [5.41, 5.74) is 2.79. The van der Waals surface area contributed by atoms with Gasteiger partial charge in [0.05, 0.1) is 22.0 Å². The molecule has 0 N–H and O–H groups in total. The molecule has 4 nitrogen and oxygen atoms in total. The predicted molar refractivity (Wildman–Crippen MR) is 120 cm³/mol. The summed E-state index contributed by atoms with van der Waals surface area (Å²) in [5, 5.41) is 2.06. The van der Waals surface area contributed by atoms with E-state index in [2.05, 4.69) is 9.88 Å². The summed E-state index contributed by atoms with van der Waals surface area (Å²) in [6.45, 7) is 2.10. The first-order valence-electron chi connectivity index (χ1n) is 9.63. The smallest absolute Gasteiger partial charge is 0.227 e. The number of hydrogen-bond acceptors (Lipinski definition) is 3. The van der Waals surface area contributed by atoms with Crippen LogP contribution in [0.1, 0.15) is 17.5 Å². The predicted octanol–water partition coefficient (Wildman–Crippen LogP) is 5.06. The minimum absolute atomic E-state index is 0.0768. The highest BCUT2D eigenvalue weighted by Crippen LogP contribution is 2.24. The average molecular weight is 430 g/mol. The number of aromatic nitrogens is 1. The first-order chi connectivity index (χ1) is 13.9. The molecule has 0 spiro atoms. The fraction of sp³-hybridized carbons (Fsp3) is 0.304. The van der Waals surface area contributed by atoms with Gasteiger partial charge < -0.3 is 9.80 Å². The van der Waals surface area contributed by atoms with Gasteiger partial charge in [0.2, 0.25) is 5.91 Å². The summed E-state index contributed by atoms with van der Waals surface area (Å²) in [6, 6.07) is 15.4. The number of carbonyl (C=O) groups is 1. The number of halogens is 2. The van der Waals surface area contributed by atoms with Crippen molar-refractivity contribution in [3.63, 3.8) is 0 Å². The SMILES string of the molecule is CN(C)CCCN(Cc1ccc(Cl)c(Cl)c1)C(=O)Cc1cccc2cccnc12. The number of benzene rings is 2. The Bertz CT molecular complexity index is 986.